The van der Waals surface area contributed by atoms with E-state index in [4.69, 9.17) is 10.5 Å². The van der Waals surface area contributed by atoms with Crippen LogP contribution in [-0.4, -0.2) is 11.6 Å². The van der Waals surface area contributed by atoms with Gasteiger partial charge in [0.25, 0.3) is 0 Å². The van der Waals surface area contributed by atoms with Gasteiger partial charge in [0.15, 0.2) is 0 Å². The van der Waals surface area contributed by atoms with Gasteiger partial charge in [-0.25, -0.2) is 4.98 Å². The molecule has 2 aromatic carbocycles. The minimum Gasteiger partial charge on any atom is -0.493 e. The topological polar surface area (TPSA) is 48.1 Å². The van der Waals surface area contributed by atoms with E-state index in [1.54, 1.807) is 11.3 Å². The van der Waals surface area contributed by atoms with Crippen molar-refractivity contribution in [1.29, 1.82) is 0 Å². The van der Waals surface area contributed by atoms with Crippen LogP contribution in [0.1, 0.15) is 10.6 Å². The van der Waals surface area contributed by atoms with Crippen LogP contribution in [-0.2, 0) is 6.42 Å². The summed E-state index contributed by atoms with van der Waals surface area (Å²) >= 11 is 1.66. The number of hydrogen-bond acceptors (Lipinski definition) is 4. The fourth-order valence-electron chi connectivity index (χ4n) is 2.17. The highest BCUT2D eigenvalue weighted by Gasteiger charge is 2.05. The van der Waals surface area contributed by atoms with Crippen LogP contribution in [0.15, 0.2) is 53.9 Å². The maximum atomic E-state index is 5.77. The lowest BCUT2D eigenvalue weighted by atomic mass is 10.1. The van der Waals surface area contributed by atoms with E-state index in [2.05, 4.69) is 23.4 Å². The van der Waals surface area contributed by atoms with Crippen molar-refractivity contribution in [2.24, 2.45) is 0 Å². The Hall–Kier alpha value is -2.33. The average Bonchev–Trinajstić information content (AvgIpc) is 2.97. The van der Waals surface area contributed by atoms with E-state index in [0.29, 0.717) is 6.61 Å². The van der Waals surface area contributed by atoms with Crippen molar-refractivity contribution in [3.05, 3.63) is 64.5 Å². The van der Waals surface area contributed by atoms with Crippen LogP contribution in [0, 0.1) is 6.92 Å². The Morgan fingerprint density at radius 1 is 1.14 bits per heavy atom. The van der Waals surface area contributed by atoms with Crippen molar-refractivity contribution in [2.75, 3.05) is 12.3 Å². The van der Waals surface area contributed by atoms with Crippen LogP contribution in [0.25, 0.3) is 11.3 Å². The van der Waals surface area contributed by atoms with E-state index < -0.39 is 0 Å². The van der Waals surface area contributed by atoms with Crippen molar-refractivity contribution in [3.8, 4) is 17.0 Å². The lowest BCUT2D eigenvalue weighted by Gasteiger charge is -2.05. The molecule has 0 fully saturated rings. The quantitative estimate of drug-likeness (QED) is 0.714. The molecule has 4 heteroatoms. The number of ether oxygens (including phenoxy) is 1. The lowest BCUT2D eigenvalue weighted by molar-refractivity contribution is 0.321. The molecule has 0 unspecified atom stereocenters. The van der Waals surface area contributed by atoms with Gasteiger partial charge < -0.3 is 10.5 Å². The van der Waals surface area contributed by atoms with E-state index in [-0.39, 0.29) is 0 Å². The molecular formula is C18H18N2OS. The molecule has 3 nitrogen and oxygen atoms in total. The highest BCUT2D eigenvalue weighted by molar-refractivity contribution is 7.09. The maximum Gasteiger partial charge on any atom is 0.119 e. The molecule has 1 aromatic heterocycles. The minimum absolute atomic E-state index is 0.637. The van der Waals surface area contributed by atoms with Gasteiger partial charge in [0.05, 0.1) is 17.3 Å². The van der Waals surface area contributed by atoms with Crippen LogP contribution in [0.4, 0.5) is 5.69 Å². The van der Waals surface area contributed by atoms with E-state index in [0.717, 1.165) is 34.1 Å². The van der Waals surface area contributed by atoms with Gasteiger partial charge in [-0.15, -0.1) is 11.3 Å². The Bertz CT molecular complexity index is 750. The summed E-state index contributed by atoms with van der Waals surface area (Å²) in [6, 6.07) is 15.9. The fourth-order valence-corrected chi connectivity index (χ4v) is 2.96. The number of nitrogen functional groups attached to an aromatic ring is 1. The van der Waals surface area contributed by atoms with Crippen LogP contribution < -0.4 is 10.5 Å². The van der Waals surface area contributed by atoms with Gasteiger partial charge in [-0.1, -0.05) is 24.3 Å². The first-order valence-electron chi connectivity index (χ1n) is 7.20. The SMILES string of the molecule is Cc1cccc(OCCc2nc(-c3ccc(N)cc3)cs2)c1. The maximum absolute atomic E-state index is 5.77. The zero-order valence-corrected chi connectivity index (χ0v) is 13.3. The number of rotatable bonds is 5. The summed E-state index contributed by atoms with van der Waals surface area (Å²) in [5.74, 6) is 0.912. The van der Waals surface area contributed by atoms with Gasteiger partial charge in [0.2, 0.25) is 0 Å². The summed E-state index contributed by atoms with van der Waals surface area (Å²) in [4.78, 5) is 4.66. The minimum atomic E-state index is 0.637. The van der Waals surface area contributed by atoms with Gasteiger partial charge in [0, 0.05) is 23.1 Å². The number of hydrogen-bond donors (Lipinski definition) is 1. The second-order valence-electron chi connectivity index (χ2n) is 5.16. The largest absolute Gasteiger partial charge is 0.493 e. The highest BCUT2D eigenvalue weighted by Crippen LogP contribution is 2.23. The summed E-state index contributed by atoms with van der Waals surface area (Å²) in [6.45, 7) is 2.70. The molecular weight excluding hydrogens is 292 g/mol. The fraction of sp³-hybridized carbons (Fsp3) is 0.167. The van der Waals surface area contributed by atoms with Crippen molar-refractivity contribution < 1.29 is 4.74 Å². The Balaban J connectivity index is 1.59. The Morgan fingerprint density at radius 2 is 1.95 bits per heavy atom. The molecule has 0 atom stereocenters. The second kappa shape index (κ2) is 6.62. The molecule has 0 aliphatic carbocycles. The number of aryl methyl sites for hydroxylation is 1. The molecule has 22 heavy (non-hydrogen) atoms. The third-order valence-electron chi connectivity index (χ3n) is 3.33. The number of anilines is 1. The first kappa shape index (κ1) is 14.6. The molecule has 112 valence electrons. The van der Waals surface area contributed by atoms with Gasteiger partial charge >= 0.3 is 0 Å². The molecule has 3 rings (SSSR count). The molecule has 2 N–H and O–H groups in total. The number of thiazole rings is 1. The van der Waals surface area contributed by atoms with Crippen molar-refractivity contribution in [3.63, 3.8) is 0 Å². The zero-order chi connectivity index (χ0) is 15.4. The summed E-state index contributed by atoms with van der Waals surface area (Å²) in [5, 5.41) is 3.16. The number of nitrogens with zero attached hydrogens (tertiary/aromatic N) is 1. The average molecular weight is 310 g/mol. The van der Waals surface area contributed by atoms with Crippen molar-refractivity contribution in [2.45, 2.75) is 13.3 Å². The number of benzene rings is 2. The van der Waals surface area contributed by atoms with Gasteiger partial charge in [-0.05, 0) is 36.8 Å². The molecule has 0 saturated carbocycles. The molecule has 0 amide bonds. The predicted molar refractivity (Wildman–Crippen MR) is 92.3 cm³/mol. The molecule has 0 bridgehead atoms. The lowest BCUT2D eigenvalue weighted by Crippen LogP contribution is -2.01. The standard InChI is InChI=1S/C18H18N2OS/c1-13-3-2-4-16(11-13)21-10-9-18-20-17(12-22-18)14-5-7-15(19)8-6-14/h2-8,11-12H,9-10,19H2,1H3. The monoisotopic (exact) mass is 310 g/mol. The second-order valence-corrected chi connectivity index (χ2v) is 6.11. The number of nitrogens with two attached hydrogens (primary N) is 1. The number of aromatic nitrogens is 1. The Morgan fingerprint density at radius 3 is 2.73 bits per heavy atom. The van der Waals surface area contributed by atoms with Crippen molar-refractivity contribution >= 4 is 17.0 Å². The first-order valence-corrected chi connectivity index (χ1v) is 8.08. The molecule has 0 aliphatic rings. The third-order valence-corrected chi connectivity index (χ3v) is 4.24. The van der Waals surface area contributed by atoms with Crippen LogP contribution in [0.5, 0.6) is 5.75 Å². The third kappa shape index (κ3) is 3.65. The van der Waals surface area contributed by atoms with Crippen molar-refractivity contribution in [1.82, 2.24) is 4.98 Å². The zero-order valence-electron chi connectivity index (χ0n) is 12.5. The van der Waals surface area contributed by atoms with E-state index in [1.165, 1.54) is 5.56 Å². The van der Waals surface area contributed by atoms with Gasteiger partial charge in [0.1, 0.15) is 5.75 Å². The normalized spacial score (nSPS) is 10.6. The van der Waals surface area contributed by atoms with Crippen LogP contribution in [0.2, 0.25) is 0 Å². The summed E-state index contributed by atoms with van der Waals surface area (Å²) < 4.78 is 5.77. The summed E-state index contributed by atoms with van der Waals surface area (Å²) in [5.41, 5.74) is 9.77. The van der Waals surface area contributed by atoms with E-state index >= 15 is 0 Å². The van der Waals surface area contributed by atoms with E-state index in [1.807, 2.05) is 42.5 Å². The molecule has 0 saturated heterocycles. The van der Waals surface area contributed by atoms with Crippen LogP contribution in [0.3, 0.4) is 0 Å². The molecule has 3 aromatic rings. The molecule has 0 radical (unpaired) electrons. The molecule has 0 spiro atoms. The highest BCUT2D eigenvalue weighted by atomic mass is 32.1. The molecule has 0 aliphatic heterocycles. The van der Waals surface area contributed by atoms with E-state index in [9.17, 15) is 0 Å². The van der Waals surface area contributed by atoms with Gasteiger partial charge in [-0.2, -0.15) is 0 Å². The van der Waals surface area contributed by atoms with Crippen LogP contribution >= 0.6 is 11.3 Å². The Labute approximate surface area is 134 Å². The summed E-state index contributed by atoms with van der Waals surface area (Å²) in [6.07, 6.45) is 0.813. The summed E-state index contributed by atoms with van der Waals surface area (Å²) in [7, 11) is 0. The smallest absolute Gasteiger partial charge is 0.119 e. The van der Waals surface area contributed by atoms with Gasteiger partial charge in [-0.3, -0.25) is 0 Å². The Kier molecular flexibility index (Phi) is 4.39. The first-order chi connectivity index (χ1) is 10.7. The predicted octanol–water partition coefficient (Wildman–Crippen LogP) is 4.32. The molecule has 1 heterocycles.